The first-order chi connectivity index (χ1) is 18.2. The van der Waals surface area contributed by atoms with Crippen molar-refractivity contribution in [3.63, 3.8) is 0 Å². The van der Waals surface area contributed by atoms with E-state index in [1.165, 1.54) is 0 Å². The summed E-state index contributed by atoms with van der Waals surface area (Å²) < 4.78 is 5.03. The molecular formula is C26H26Br2N6O4. The Morgan fingerprint density at radius 1 is 0.737 bits per heavy atom. The molecule has 0 aliphatic rings. The molecule has 2 N–H and O–H groups in total. The molecular weight excluding hydrogens is 620 g/mol. The first kappa shape index (κ1) is 27.6. The molecule has 0 unspecified atom stereocenters. The third-order valence-electron chi connectivity index (χ3n) is 6.13. The van der Waals surface area contributed by atoms with Crippen LogP contribution in [0.5, 0.6) is 11.8 Å². The molecule has 0 bridgehead atoms. The number of hydrogen-bond acceptors (Lipinski definition) is 6. The van der Waals surface area contributed by atoms with Crippen LogP contribution < -0.4 is 0 Å². The van der Waals surface area contributed by atoms with Gasteiger partial charge in [0.15, 0.2) is 11.4 Å². The summed E-state index contributed by atoms with van der Waals surface area (Å²) in [6.45, 7) is 4.88. The summed E-state index contributed by atoms with van der Waals surface area (Å²) in [7, 11) is 0. The number of nitrogens with zero attached hydrogens (tertiary/aromatic N) is 6. The van der Waals surface area contributed by atoms with Gasteiger partial charge in [0.2, 0.25) is 11.8 Å². The molecule has 0 atom stereocenters. The summed E-state index contributed by atoms with van der Waals surface area (Å²) in [4.78, 5) is 24.5. The van der Waals surface area contributed by atoms with Gasteiger partial charge < -0.3 is 19.3 Å². The third kappa shape index (κ3) is 5.70. The fourth-order valence-electron chi connectivity index (χ4n) is 4.29. The van der Waals surface area contributed by atoms with E-state index < -0.39 is 11.8 Å². The van der Waals surface area contributed by atoms with Crippen LogP contribution in [-0.2, 0) is 22.7 Å². The summed E-state index contributed by atoms with van der Waals surface area (Å²) in [5.41, 5.74) is 2.07. The molecule has 0 aliphatic carbocycles. The minimum Gasteiger partial charge on any atom is -0.493 e. The molecule has 0 aliphatic heterocycles. The smallest absolute Gasteiger partial charge is 0.264 e. The Kier molecular flexibility index (Phi) is 8.72. The van der Waals surface area contributed by atoms with E-state index in [-0.39, 0.29) is 36.0 Å². The van der Waals surface area contributed by atoms with Crippen LogP contribution in [0.25, 0.3) is 21.8 Å². The van der Waals surface area contributed by atoms with Gasteiger partial charge in [-0.25, -0.2) is 0 Å². The predicted octanol–water partition coefficient (Wildman–Crippen LogP) is 8.05. The number of aryl methyl sites for hydroxylation is 2. The molecule has 10 nitrogen and oxygen atoms in total. The number of rotatable bonds is 9. The topological polar surface area (TPSA) is 134 Å². The highest BCUT2D eigenvalue weighted by atomic mass is 79.9. The summed E-state index contributed by atoms with van der Waals surface area (Å²) in [5, 5.41) is 38.0. The van der Waals surface area contributed by atoms with Crippen LogP contribution >= 0.6 is 31.9 Å². The van der Waals surface area contributed by atoms with E-state index >= 15 is 0 Å². The van der Waals surface area contributed by atoms with E-state index in [0.717, 1.165) is 20.0 Å². The second-order valence-corrected chi connectivity index (χ2v) is 10.4. The zero-order valence-electron chi connectivity index (χ0n) is 20.9. The van der Waals surface area contributed by atoms with Gasteiger partial charge in [-0.2, -0.15) is 0 Å². The van der Waals surface area contributed by atoms with Crippen LogP contribution in [0, 0.1) is 0 Å². The highest BCUT2D eigenvalue weighted by molar-refractivity contribution is 9.10. The molecule has 0 saturated heterocycles. The van der Waals surface area contributed by atoms with Gasteiger partial charge in [-0.15, -0.1) is 20.5 Å². The molecule has 0 saturated carbocycles. The molecule has 38 heavy (non-hydrogen) atoms. The Morgan fingerprint density at radius 3 is 1.50 bits per heavy atom. The Morgan fingerprint density at radius 2 is 1.13 bits per heavy atom. The van der Waals surface area contributed by atoms with Crippen molar-refractivity contribution in [2.75, 3.05) is 0 Å². The molecule has 2 aromatic heterocycles. The number of benzene rings is 2. The molecule has 12 heteroatoms. The van der Waals surface area contributed by atoms with Gasteiger partial charge in [-0.3, -0.25) is 9.59 Å². The summed E-state index contributed by atoms with van der Waals surface area (Å²) in [6, 6.07) is 11.1. The van der Waals surface area contributed by atoms with Crippen LogP contribution in [-0.4, -0.2) is 31.2 Å². The van der Waals surface area contributed by atoms with E-state index in [9.17, 15) is 19.8 Å². The lowest BCUT2D eigenvalue weighted by Crippen LogP contribution is -1.95. The highest BCUT2D eigenvalue weighted by Crippen LogP contribution is 2.41. The van der Waals surface area contributed by atoms with Crippen molar-refractivity contribution < 1.29 is 19.8 Å². The van der Waals surface area contributed by atoms with Crippen LogP contribution in [0.15, 0.2) is 65.8 Å². The molecule has 2 aromatic carbocycles. The van der Waals surface area contributed by atoms with E-state index in [0.29, 0.717) is 36.7 Å². The SMILES string of the molecule is CCn1c(O)c(N=NC(=O)CCCCC(=O)N=Nc2c(O)n(CC)c3ccc(Br)cc23)c2cc(Br)ccc21. The number of unbranched alkanes of at least 4 members (excludes halogenated alkanes) is 1. The van der Waals surface area contributed by atoms with Gasteiger partial charge in [-0.05, 0) is 63.1 Å². The minimum atomic E-state index is -0.450. The zero-order chi connectivity index (χ0) is 27.4. The standard InChI is InChI=1S/C26H26Br2N6O4/c1-3-33-19-11-9-15(27)13-17(19)23(25(33)37)31-29-21(35)7-5-6-8-22(36)30-32-24-18-14-16(28)10-12-20(18)34(4-2)26(24)38/h9-14,37-38H,3-8H2,1-2H3. The predicted molar refractivity (Wildman–Crippen MR) is 151 cm³/mol. The van der Waals surface area contributed by atoms with E-state index in [1.807, 2.05) is 50.2 Å². The van der Waals surface area contributed by atoms with Crippen molar-refractivity contribution in [2.24, 2.45) is 20.5 Å². The quantitative estimate of drug-likeness (QED) is 0.141. The number of aromatic hydroxyl groups is 2. The molecule has 2 heterocycles. The Balaban J connectivity index is 1.33. The maximum absolute atomic E-state index is 12.3. The maximum Gasteiger partial charge on any atom is 0.264 e. The Labute approximate surface area is 235 Å². The third-order valence-corrected chi connectivity index (χ3v) is 7.12. The summed E-state index contributed by atoms with van der Waals surface area (Å²) >= 11 is 6.83. The lowest BCUT2D eigenvalue weighted by Gasteiger charge is -2.01. The lowest BCUT2D eigenvalue weighted by molar-refractivity contribution is -0.120. The van der Waals surface area contributed by atoms with Crippen molar-refractivity contribution in [3.8, 4) is 11.8 Å². The Hall–Kier alpha value is -3.38. The number of aromatic nitrogens is 2. The minimum absolute atomic E-state index is 0.0476. The maximum atomic E-state index is 12.3. The van der Waals surface area contributed by atoms with Crippen molar-refractivity contribution in [1.29, 1.82) is 0 Å². The highest BCUT2D eigenvalue weighted by Gasteiger charge is 2.18. The van der Waals surface area contributed by atoms with Gasteiger partial charge in [0.05, 0.1) is 11.0 Å². The second kappa shape index (κ2) is 12.0. The van der Waals surface area contributed by atoms with E-state index in [2.05, 4.69) is 52.3 Å². The monoisotopic (exact) mass is 644 g/mol. The van der Waals surface area contributed by atoms with Gasteiger partial charge in [0.25, 0.3) is 11.8 Å². The number of carbonyl (C=O) groups is 2. The van der Waals surface area contributed by atoms with Crippen LogP contribution in [0.3, 0.4) is 0 Å². The lowest BCUT2D eigenvalue weighted by atomic mass is 10.2. The zero-order valence-corrected chi connectivity index (χ0v) is 24.0. The average molecular weight is 646 g/mol. The van der Waals surface area contributed by atoms with Crippen molar-refractivity contribution >= 4 is 76.9 Å². The number of amides is 2. The second-order valence-electron chi connectivity index (χ2n) is 8.55. The van der Waals surface area contributed by atoms with Gasteiger partial charge in [0, 0.05) is 45.6 Å². The van der Waals surface area contributed by atoms with Crippen molar-refractivity contribution in [2.45, 2.75) is 52.6 Å². The molecule has 0 radical (unpaired) electrons. The summed E-state index contributed by atoms with van der Waals surface area (Å²) in [6.07, 6.45) is 1.04. The number of fused-ring (bicyclic) bond motifs is 2. The molecule has 2 amide bonds. The average Bonchev–Trinajstić information content (AvgIpc) is 3.31. The molecule has 4 aromatic rings. The van der Waals surface area contributed by atoms with Crippen LogP contribution in [0.2, 0.25) is 0 Å². The number of halogens is 2. The number of hydrogen-bond donors (Lipinski definition) is 2. The van der Waals surface area contributed by atoms with Gasteiger partial charge >= 0.3 is 0 Å². The van der Waals surface area contributed by atoms with Crippen molar-refractivity contribution in [1.82, 2.24) is 9.13 Å². The molecule has 198 valence electrons. The first-order valence-corrected chi connectivity index (χ1v) is 13.7. The fraction of sp³-hybridized carbons (Fsp3) is 0.308. The molecule has 0 spiro atoms. The van der Waals surface area contributed by atoms with Gasteiger partial charge in [-0.1, -0.05) is 31.9 Å². The first-order valence-electron chi connectivity index (χ1n) is 12.2. The number of carbonyl (C=O) groups excluding carboxylic acids is 2. The Bertz CT molecular complexity index is 1470. The molecule has 0 fully saturated rings. The normalized spacial score (nSPS) is 12.0. The van der Waals surface area contributed by atoms with Crippen LogP contribution in [0.4, 0.5) is 11.4 Å². The van der Waals surface area contributed by atoms with Crippen molar-refractivity contribution in [3.05, 3.63) is 45.3 Å². The van der Waals surface area contributed by atoms with Crippen LogP contribution in [0.1, 0.15) is 39.5 Å². The summed E-state index contributed by atoms with van der Waals surface area (Å²) in [5.74, 6) is -0.996. The number of azo groups is 2. The van der Waals surface area contributed by atoms with E-state index in [1.54, 1.807) is 9.13 Å². The molecule has 4 rings (SSSR count). The van der Waals surface area contributed by atoms with E-state index in [4.69, 9.17) is 0 Å². The largest absolute Gasteiger partial charge is 0.493 e. The fourth-order valence-corrected chi connectivity index (χ4v) is 5.01. The van der Waals surface area contributed by atoms with Gasteiger partial charge in [0.1, 0.15) is 0 Å².